The third-order valence-corrected chi connectivity index (χ3v) is 3.68. The molecule has 0 aliphatic rings. The molecular formula is C18H29NO4. The van der Waals surface area contributed by atoms with Crippen molar-refractivity contribution < 1.29 is 19.4 Å². The summed E-state index contributed by atoms with van der Waals surface area (Å²) in [5, 5.41) is 13.0. The molecule has 0 saturated heterocycles. The van der Waals surface area contributed by atoms with Gasteiger partial charge < -0.3 is 14.6 Å². The number of hydrogen-bond acceptors (Lipinski definition) is 4. The fourth-order valence-corrected chi connectivity index (χ4v) is 2.09. The lowest BCUT2D eigenvalue weighted by Crippen LogP contribution is -2.28. The van der Waals surface area contributed by atoms with E-state index in [2.05, 4.69) is 5.32 Å². The first kappa shape index (κ1) is 19.3. The predicted octanol–water partition coefficient (Wildman–Crippen LogP) is 3.99. The zero-order chi connectivity index (χ0) is 17.6. The number of carbonyl (C=O) groups excluding carboxylic acids is 1. The summed E-state index contributed by atoms with van der Waals surface area (Å²) in [5.41, 5.74) is 0.879. The summed E-state index contributed by atoms with van der Waals surface area (Å²) < 4.78 is 10.5. The largest absolute Gasteiger partial charge is 0.497 e. The number of carbonyl (C=O) groups is 1. The van der Waals surface area contributed by atoms with Gasteiger partial charge in [-0.1, -0.05) is 26.3 Å². The number of amides is 1. The molecule has 2 N–H and O–H groups in total. The van der Waals surface area contributed by atoms with Crippen LogP contribution >= 0.6 is 0 Å². The van der Waals surface area contributed by atoms with Crippen molar-refractivity contribution in [1.82, 2.24) is 0 Å². The summed E-state index contributed by atoms with van der Waals surface area (Å²) in [6.07, 6.45) is 0.369. The monoisotopic (exact) mass is 323 g/mol. The van der Waals surface area contributed by atoms with Gasteiger partial charge >= 0.3 is 6.09 Å². The van der Waals surface area contributed by atoms with E-state index in [1.165, 1.54) is 0 Å². The summed E-state index contributed by atoms with van der Waals surface area (Å²) in [6, 6.07) is 5.42. The molecule has 0 radical (unpaired) electrons. The third kappa shape index (κ3) is 6.48. The highest BCUT2D eigenvalue weighted by Crippen LogP contribution is 2.26. The van der Waals surface area contributed by atoms with Crippen LogP contribution in [0.15, 0.2) is 18.2 Å². The SMILES string of the molecule is CCC(C)C(O)Cc1ccc(OC)cc1NC(=O)OC(C)(C)C. The van der Waals surface area contributed by atoms with Crippen LogP contribution in [0.5, 0.6) is 5.75 Å². The van der Waals surface area contributed by atoms with E-state index in [4.69, 9.17) is 9.47 Å². The minimum absolute atomic E-state index is 0.187. The number of aliphatic hydroxyl groups is 1. The van der Waals surface area contributed by atoms with Crippen LogP contribution in [-0.2, 0) is 11.2 Å². The normalized spacial score (nSPS) is 14.0. The van der Waals surface area contributed by atoms with Crippen LogP contribution in [0.2, 0.25) is 0 Å². The summed E-state index contributed by atoms with van der Waals surface area (Å²) in [5.74, 6) is 0.823. The van der Waals surface area contributed by atoms with Crippen LogP contribution in [0.3, 0.4) is 0 Å². The smallest absolute Gasteiger partial charge is 0.412 e. The van der Waals surface area contributed by atoms with Gasteiger partial charge in [-0.2, -0.15) is 0 Å². The van der Waals surface area contributed by atoms with E-state index < -0.39 is 17.8 Å². The fraction of sp³-hybridized carbons (Fsp3) is 0.611. The Labute approximate surface area is 139 Å². The maximum atomic E-state index is 12.0. The molecular weight excluding hydrogens is 294 g/mol. The lowest BCUT2D eigenvalue weighted by molar-refractivity contribution is 0.0635. The van der Waals surface area contributed by atoms with E-state index in [1.54, 1.807) is 13.2 Å². The molecule has 0 bridgehead atoms. The average Bonchev–Trinajstić information content (AvgIpc) is 2.45. The van der Waals surface area contributed by atoms with Gasteiger partial charge in [0.25, 0.3) is 0 Å². The second-order valence-corrected chi connectivity index (χ2v) is 6.81. The van der Waals surface area contributed by atoms with Gasteiger partial charge in [-0.3, -0.25) is 5.32 Å². The van der Waals surface area contributed by atoms with Gasteiger partial charge in [-0.25, -0.2) is 4.79 Å². The first-order chi connectivity index (χ1) is 10.7. The molecule has 1 aromatic rings. The Hall–Kier alpha value is -1.75. The number of anilines is 1. The molecule has 0 aromatic heterocycles. The lowest BCUT2D eigenvalue weighted by Gasteiger charge is -2.22. The Morgan fingerprint density at radius 3 is 2.52 bits per heavy atom. The molecule has 0 spiro atoms. The van der Waals surface area contributed by atoms with Crippen molar-refractivity contribution >= 4 is 11.8 Å². The number of ether oxygens (including phenoxy) is 2. The van der Waals surface area contributed by atoms with Crippen molar-refractivity contribution in [2.24, 2.45) is 5.92 Å². The number of hydrogen-bond donors (Lipinski definition) is 2. The van der Waals surface area contributed by atoms with Gasteiger partial charge in [-0.15, -0.1) is 0 Å². The molecule has 0 aliphatic carbocycles. The van der Waals surface area contributed by atoms with Crippen LogP contribution < -0.4 is 10.1 Å². The minimum Gasteiger partial charge on any atom is -0.497 e. The van der Waals surface area contributed by atoms with Crippen LogP contribution in [0.1, 0.15) is 46.6 Å². The average molecular weight is 323 g/mol. The van der Waals surface area contributed by atoms with E-state index in [0.29, 0.717) is 17.9 Å². The summed E-state index contributed by atoms with van der Waals surface area (Å²) in [4.78, 5) is 12.0. The van der Waals surface area contributed by atoms with Crippen molar-refractivity contribution in [3.05, 3.63) is 23.8 Å². The second-order valence-electron chi connectivity index (χ2n) is 6.81. The molecule has 0 heterocycles. The van der Waals surface area contributed by atoms with Crippen molar-refractivity contribution in [1.29, 1.82) is 0 Å². The van der Waals surface area contributed by atoms with Crippen molar-refractivity contribution in [2.45, 2.75) is 59.2 Å². The fourth-order valence-electron chi connectivity index (χ4n) is 2.09. The molecule has 1 amide bonds. The van der Waals surface area contributed by atoms with Crippen molar-refractivity contribution in [2.75, 3.05) is 12.4 Å². The van der Waals surface area contributed by atoms with Crippen LogP contribution in [-0.4, -0.2) is 30.0 Å². The summed E-state index contributed by atoms with van der Waals surface area (Å²) in [7, 11) is 1.57. The molecule has 5 heteroatoms. The van der Waals surface area contributed by atoms with Crippen LogP contribution in [0.25, 0.3) is 0 Å². The van der Waals surface area contributed by atoms with Gasteiger partial charge in [0.2, 0.25) is 0 Å². The van der Waals surface area contributed by atoms with E-state index in [0.717, 1.165) is 12.0 Å². The Morgan fingerprint density at radius 2 is 2.00 bits per heavy atom. The molecule has 2 atom stereocenters. The van der Waals surface area contributed by atoms with Gasteiger partial charge in [0.15, 0.2) is 0 Å². The van der Waals surface area contributed by atoms with Gasteiger partial charge in [0.05, 0.1) is 18.9 Å². The van der Waals surface area contributed by atoms with Gasteiger partial charge in [0, 0.05) is 12.5 Å². The molecule has 5 nitrogen and oxygen atoms in total. The van der Waals surface area contributed by atoms with Crippen molar-refractivity contribution in [3.63, 3.8) is 0 Å². The zero-order valence-electron chi connectivity index (χ0n) is 15.0. The second kappa shape index (κ2) is 8.20. The molecule has 1 rings (SSSR count). The molecule has 2 unspecified atom stereocenters. The number of benzene rings is 1. The number of nitrogens with one attached hydrogen (secondary N) is 1. The molecule has 130 valence electrons. The Kier molecular flexibility index (Phi) is 6.88. The third-order valence-electron chi connectivity index (χ3n) is 3.68. The lowest BCUT2D eigenvalue weighted by atomic mass is 9.95. The van der Waals surface area contributed by atoms with Crippen LogP contribution in [0, 0.1) is 5.92 Å². The predicted molar refractivity (Wildman–Crippen MR) is 92.0 cm³/mol. The Balaban J connectivity index is 2.96. The van der Waals surface area contributed by atoms with E-state index in [1.807, 2.05) is 46.8 Å². The molecule has 1 aromatic carbocycles. The molecule has 0 saturated carbocycles. The standard InChI is InChI=1S/C18H29NO4/c1-7-12(2)16(20)10-13-8-9-14(22-6)11-15(13)19-17(21)23-18(3,4)5/h8-9,11-12,16,20H,7,10H2,1-6H3,(H,19,21). The Morgan fingerprint density at radius 1 is 1.35 bits per heavy atom. The van der Waals surface area contributed by atoms with Gasteiger partial charge in [0.1, 0.15) is 11.4 Å². The van der Waals surface area contributed by atoms with Crippen LogP contribution in [0.4, 0.5) is 10.5 Å². The number of methoxy groups -OCH3 is 1. The van der Waals surface area contributed by atoms with Gasteiger partial charge in [-0.05, 0) is 38.3 Å². The molecule has 0 fully saturated rings. The zero-order valence-corrected chi connectivity index (χ0v) is 15.0. The van der Waals surface area contributed by atoms with Crippen molar-refractivity contribution in [3.8, 4) is 5.75 Å². The highest BCUT2D eigenvalue weighted by atomic mass is 16.6. The summed E-state index contributed by atoms with van der Waals surface area (Å²) in [6.45, 7) is 9.49. The quantitative estimate of drug-likeness (QED) is 0.830. The number of aliphatic hydroxyl groups excluding tert-OH is 1. The summed E-state index contributed by atoms with van der Waals surface area (Å²) >= 11 is 0. The highest BCUT2D eigenvalue weighted by Gasteiger charge is 2.19. The molecule has 23 heavy (non-hydrogen) atoms. The maximum absolute atomic E-state index is 12.0. The van der Waals surface area contributed by atoms with E-state index in [-0.39, 0.29) is 5.92 Å². The maximum Gasteiger partial charge on any atom is 0.412 e. The topological polar surface area (TPSA) is 67.8 Å². The first-order valence-electron chi connectivity index (χ1n) is 8.01. The molecule has 0 aliphatic heterocycles. The Bertz CT molecular complexity index is 522. The number of rotatable bonds is 6. The highest BCUT2D eigenvalue weighted by molar-refractivity contribution is 5.86. The van der Waals surface area contributed by atoms with E-state index in [9.17, 15) is 9.90 Å². The van der Waals surface area contributed by atoms with E-state index >= 15 is 0 Å². The minimum atomic E-state index is -0.570. The first-order valence-corrected chi connectivity index (χ1v) is 8.01.